The molecular formula is C18H23N3O3S. The van der Waals surface area contributed by atoms with Gasteiger partial charge < -0.3 is 4.74 Å². The van der Waals surface area contributed by atoms with Gasteiger partial charge in [0, 0.05) is 21.9 Å². The number of fused-ring (bicyclic) bond motifs is 1. The molecule has 0 radical (unpaired) electrons. The topological polar surface area (TPSA) is 71.9 Å². The van der Waals surface area contributed by atoms with E-state index in [-0.39, 0.29) is 23.3 Å². The summed E-state index contributed by atoms with van der Waals surface area (Å²) in [5, 5.41) is 0.475. The molecular weight excluding hydrogens is 338 g/mol. The van der Waals surface area contributed by atoms with Crippen molar-refractivity contribution in [1.29, 1.82) is 0 Å². The number of hydrogen-bond acceptors (Lipinski definition) is 6. The molecule has 3 rings (SSSR count). The molecule has 2 aliphatic rings. The first kappa shape index (κ1) is 17.8. The van der Waals surface area contributed by atoms with Gasteiger partial charge in [-0.3, -0.25) is 14.7 Å². The van der Waals surface area contributed by atoms with Gasteiger partial charge in [0.25, 0.3) is 0 Å². The average molecular weight is 361 g/mol. The summed E-state index contributed by atoms with van der Waals surface area (Å²) >= 11 is 1.48. The SMILES string of the molecule is COC(=O)N1C=CC(C(=O)c2nc3c(s2)C(C)(C)CCC3(C)C)=NC1. The van der Waals surface area contributed by atoms with E-state index in [1.807, 2.05) is 0 Å². The molecule has 25 heavy (non-hydrogen) atoms. The first-order valence-corrected chi connectivity index (χ1v) is 9.11. The third-order valence-corrected chi connectivity index (χ3v) is 6.32. The molecule has 1 aromatic heterocycles. The highest BCUT2D eigenvalue weighted by Crippen LogP contribution is 2.47. The number of methoxy groups -OCH3 is 1. The Balaban J connectivity index is 1.88. The van der Waals surface area contributed by atoms with Crippen LogP contribution in [-0.2, 0) is 15.6 Å². The first-order chi connectivity index (χ1) is 11.7. The third kappa shape index (κ3) is 3.13. The van der Waals surface area contributed by atoms with Crippen LogP contribution in [0.25, 0.3) is 0 Å². The Bertz CT molecular complexity index is 756. The van der Waals surface area contributed by atoms with E-state index in [1.165, 1.54) is 34.4 Å². The molecule has 1 aromatic rings. The van der Waals surface area contributed by atoms with E-state index in [0.29, 0.717) is 10.7 Å². The quantitative estimate of drug-likeness (QED) is 0.754. The minimum atomic E-state index is -0.500. The van der Waals surface area contributed by atoms with E-state index < -0.39 is 6.09 Å². The maximum absolute atomic E-state index is 12.8. The molecule has 0 fully saturated rings. The molecule has 0 saturated heterocycles. The van der Waals surface area contributed by atoms with Crippen molar-refractivity contribution >= 4 is 28.9 Å². The van der Waals surface area contributed by atoms with Crippen molar-refractivity contribution in [3.63, 3.8) is 0 Å². The van der Waals surface area contributed by atoms with Crippen molar-refractivity contribution < 1.29 is 14.3 Å². The Labute approximate surface area is 151 Å². The van der Waals surface area contributed by atoms with Gasteiger partial charge in [0.05, 0.1) is 12.8 Å². The number of aliphatic imine (C=N–C) groups is 1. The number of hydrogen-bond donors (Lipinski definition) is 0. The van der Waals surface area contributed by atoms with Crippen LogP contribution in [0.4, 0.5) is 4.79 Å². The van der Waals surface area contributed by atoms with E-state index in [4.69, 9.17) is 4.98 Å². The summed E-state index contributed by atoms with van der Waals surface area (Å²) in [6, 6.07) is 0. The van der Waals surface area contributed by atoms with Crippen LogP contribution in [0.1, 0.15) is 60.9 Å². The zero-order valence-electron chi connectivity index (χ0n) is 15.3. The lowest BCUT2D eigenvalue weighted by Gasteiger charge is -2.37. The summed E-state index contributed by atoms with van der Waals surface area (Å²) in [6.07, 6.45) is 4.70. The normalized spacial score (nSPS) is 20.7. The number of thiazole rings is 1. The molecule has 0 spiro atoms. The van der Waals surface area contributed by atoms with E-state index in [2.05, 4.69) is 37.4 Å². The van der Waals surface area contributed by atoms with Crippen molar-refractivity contribution in [3.05, 3.63) is 27.9 Å². The highest BCUT2D eigenvalue weighted by Gasteiger charge is 2.41. The Kier molecular flexibility index (Phi) is 4.31. The minimum absolute atomic E-state index is 0.0220. The van der Waals surface area contributed by atoms with Crippen molar-refractivity contribution in [1.82, 2.24) is 9.88 Å². The number of Topliss-reactive ketones (excluding diaryl/α,β-unsaturated/α-hetero) is 1. The summed E-state index contributed by atoms with van der Waals surface area (Å²) in [5.41, 5.74) is 1.37. The summed E-state index contributed by atoms with van der Waals surface area (Å²) in [4.78, 5) is 35.7. The Morgan fingerprint density at radius 3 is 2.44 bits per heavy atom. The van der Waals surface area contributed by atoms with Crippen LogP contribution in [-0.4, -0.2) is 41.3 Å². The Hall–Kier alpha value is -2.02. The molecule has 2 heterocycles. The van der Waals surface area contributed by atoms with Crippen LogP contribution in [0.15, 0.2) is 17.3 Å². The molecule has 1 amide bonds. The number of carbonyl (C=O) groups excluding carboxylic acids is 2. The van der Waals surface area contributed by atoms with Crippen LogP contribution in [0.2, 0.25) is 0 Å². The summed E-state index contributed by atoms with van der Waals surface area (Å²) in [7, 11) is 1.31. The van der Waals surface area contributed by atoms with Gasteiger partial charge in [-0.25, -0.2) is 9.78 Å². The van der Waals surface area contributed by atoms with E-state index in [0.717, 1.165) is 18.5 Å². The fourth-order valence-corrected chi connectivity index (χ4v) is 4.42. The fraction of sp³-hybridized carbons (Fsp3) is 0.556. The van der Waals surface area contributed by atoms with Crippen molar-refractivity contribution in [2.45, 2.75) is 51.4 Å². The lowest BCUT2D eigenvalue weighted by atomic mass is 9.69. The maximum atomic E-state index is 12.8. The number of ketones is 1. The molecule has 0 saturated carbocycles. The number of amides is 1. The molecule has 1 aliphatic carbocycles. The standard InChI is InChI=1S/C18H23N3O3S/c1-17(2)7-8-18(3,4)14-13(17)20-15(25-14)12(22)11-6-9-21(10-19-11)16(23)24-5/h6,9H,7-8,10H2,1-5H3. The second-order valence-electron chi connectivity index (χ2n) is 7.73. The summed E-state index contributed by atoms with van der Waals surface area (Å²) in [6.45, 7) is 8.86. The van der Waals surface area contributed by atoms with Crippen LogP contribution in [0, 0.1) is 0 Å². The van der Waals surface area contributed by atoms with Crippen molar-refractivity contribution in [2.75, 3.05) is 13.8 Å². The van der Waals surface area contributed by atoms with Gasteiger partial charge >= 0.3 is 6.09 Å². The van der Waals surface area contributed by atoms with E-state index >= 15 is 0 Å². The van der Waals surface area contributed by atoms with E-state index in [1.54, 1.807) is 6.08 Å². The fourth-order valence-electron chi connectivity index (χ4n) is 3.10. The van der Waals surface area contributed by atoms with Crippen LogP contribution >= 0.6 is 11.3 Å². The second kappa shape index (κ2) is 6.05. The molecule has 0 N–H and O–H groups in total. The predicted molar refractivity (Wildman–Crippen MR) is 97.4 cm³/mol. The Morgan fingerprint density at radius 1 is 1.20 bits per heavy atom. The van der Waals surface area contributed by atoms with Gasteiger partial charge in [0.2, 0.25) is 5.78 Å². The molecule has 0 unspecified atom stereocenters. The van der Waals surface area contributed by atoms with Crippen LogP contribution in [0.5, 0.6) is 0 Å². The van der Waals surface area contributed by atoms with Crippen LogP contribution in [0.3, 0.4) is 0 Å². The Morgan fingerprint density at radius 2 is 1.88 bits per heavy atom. The molecule has 6 nitrogen and oxygen atoms in total. The molecule has 0 atom stereocenters. The zero-order valence-corrected chi connectivity index (χ0v) is 16.1. The van der Waals surface area contributed by atoms with Crippen molar-refractivity contribution in [2.24, 2.45) is 4.99 Å². The smallest absolute Gasteiger partial charge is 0.415 e. The predicted octanol–water partition coefficient (Wildman–Crippen LogP) is 3.67. The number of ether oxygens (including phenoxy) is 1. The summed E-state index contributed by atoms with van der Waals surface area (Å²) < 4.78 is 4.64. The largest absolute Gasteiger partial charge is 0.452 e. The third-order valence-electron chi connectivity index (χ3n) is 4.90. The number of allylic oxidation sites excluding steroid dienone is 1. The van der Waals surface area contributed by atoms with Gasteiger partial charge in [-0.1, -0.05) is 27.7 Å². The lowest BCUT2D eigenvalue weighted by Crippen LogP contribution is -2.32. The molecule has 0 aromatic carbocycles. The van der Waals surface area contributed by atoms with Gasteiger partial charge in [0.1, 0.15) is 12.4 Å². The van der Waals surface area contributed by atoms with Gasteiger partial charge in [0.15, 0.2) is 5.01 Å². The highest BCUT2D eigenvalue weighted by molar-refractivity contribution is 7.14. The number of aromatic nitrogens is 1. The highest BCUT2D eigenvalue weighted by atomic mass is 32.1. The van der Waals surface area contributed by atoms with Crippen LogP contribution < -0.4 is 0 Å². The summed E-state index contributed by atoms with van der Waals surface area (Å²) in [5.74, 6) is -0.188. The molecule has 134 valence electrons. The first-order valence-electron chi connectivity index (χ1n) is 8.29. The monoisotopic (exact) mass is 361 g/mol. The minimum Gasteiger partial charge on any atom is -0.452 e. The van der Waals surface area contributed by atoms with Crippen molar-refractivity contribution in [3.8, 4) is 0 Å². The van der Waals surface area contributed by atoms with Gasteiger partial charge in [-0.2, -0.15) is 0 Å². The lowest BCUT2D eigenvalue weighted by molar-refractivity contribution is 0.106. The molecule has 1 aliphatic heterocycles. The molecule has 7 heteroatoms. The van der Waals surface area contributed by atoms with E-state index in [9.17, 15) is 9.59 Å². The second-order valence-corrected chi connectivity index (χ2v) is 8.73. The molecule has 0 bridgehead atoms. The average Bonchev–Trinajstić information content (AvgIpc) is 3.06. The number of nitrogens with zero attached hydrogens (tertiary/aromatic N) is 3. The zero-order chi connectivity index (χ0) is 18.4. The number of rotatable bonds is 2. The number of carbonyl (C=O) groups is 2. The van der Waals surface area contributed by atoms with Gasteiger partial charge in [-0.05, 0) is 18.9 Å². The van der Waals surface area contributed by atoms with Gasteiger partial charge in [-0.15, -0.1) is 11.3 Å². The maximum Gasteiger partial charge on any atom is 0.415 e.